The van der Waals surface area contributed by atoms with Crippen molar-refractivity contribution in [2.24, 2.45) is 0 Å². The van der Waals surface area contributed by atoms with E-state index in [0.717, 1.165) is 10.7 Å². The van der Waals surface area contributed by atoms with Gasteiger partial charge in [0.1, 0.15) is 0 Å². The Morgan fingerprint density at radius 3 is 2.53 bits per heavy atom. The molecule has 3 nitrogen and oxygen atoms in total. The van der Waals surface area contributed by atoms with Crippen molar-refractivity contribution in [1.29, 1.82) is 0 Å². The lowest BCUT2D eigenvalue weighted by atomic mass is 10.3. The monoisotopic (exact) mass is 220 g/mol. The Bertz CT molecular complexity index is 368. The molecule has 0 N–H and O–H groups in total. The van der Waals surface area contributed by atoms with Crippen molar-refractivity contribution in [2.75, 3.05) is 0 Å². The van der Waals surface area contributed by atoms with Crippen LogP contribution in [0.1, 0.15) is 24.7 Å². The van der Waals surface area contributed by atoms with Gasteiger partial charge in [-0.25, -0.2) is 0 Å². The van der Waals surface area contributed by atoms with Gasteiger partial charge in [0.15, 0.2) is 11.5 Å². The standard InChI is InChI=1S/C9H11F3N2O/c1-3-7(15)5-14-6(2)4-8(13-14)9(10,11)12/h4H,3,5H2,1-2H3. The molecule has 0 bridgehead atoms. The molecule has 0 fully saturated rings. The van der Waals surface area contributed by atoms with Gasteiger partial charge in [-0.05, 0) is 13.0 Å². The molecule has 1 aromatic heterocycles. The SMILES string of the molecule is CCC(=O)Cn1nc(C(F)(F)F)cc1C. The van der Waals surface area contributed by atoms with E-state index in [2.05, 4.69) is 5.10 Å². The predicted octanol–water partition coefficient (Wildman–Crippen LogP) is 2.19. The molecular weight excluding hydrogens is 209 g/mol. The summed E-state index contributed by atoms with van der Waals surface area (Å²) in [6.07, 6.45) is -4.16. The van der Waals surface area contributed by atoms with Crippen LogP contribution in [-0.2, 0) is 17.5 Å². The highest BCUT2D eigenvalue weighted by Crippen LogP contribution is 2.28. The van der Waals surface area contributed by atoms with Crippen LogP contribution >= 0.6 is 0 Å². The first-order valence-electron chi connectivity index (χ1n) is 4.48. The molecule has 0 radical (unpaired) electrons. The lowest BCUT2D eigenvalue weighted by molar-refractivity contribution is -0.141. The van der Waals surface area contributed by atoms with Gasteiger partial charge in [-0.15, -0.1) is 0 Å². The number of aromatic nitrogens is 2. The van der Waals surface area contributed by atoms with Gasteiger partial charge in [0.05, 0.1) is 6.54 Å². The molecule has 0 amide bonds. The van der Waals surface area contributed by atoms with Crippen LogP contribution in [0.2, 0.25) is 0 Å². The summed E-state index contributed by atoms with van der Waals surface area (Å²) in [4.78, 5) is 11.1. The Balaban J connectivity index is 2.92. The maximum Gasteiger partial charge on any atom is 0.435 e. The van der Waals surface area contributed by atoms with Gasteiger partial charge < -0.3 is 0 Å². The number of halogens is 3. The van der Waals surface area contributed by atoms with Gasteiger partial charge >= 0.3 is 6.18 Å². The Labute approximate surface area is 84.9 Å². The third-order valence-corrected chi connectivity index (χ3v) is 1.99. The topological polar surface area (TPSA) is 34.9 Å². The maximum absolute atomic E-state index is 12.2. The van der Waals surface area contributed by atoms with Gasteiger partial charge in [-0.3, -0.25) is 9.48 Å². The second-order valence-corrected chi connectivity index (χ2v) is 3.22. The third-order valence-electron chi connectivity index (χ3n) is 1.99. The lowest BCUT2D eigenvalue weighted by Crippen LogP contribution is -2.13. The minimum absolute atomic E-state index is 0.0988. The highest BCUT2D eigenvalue weighted by molar-refractivity contribution is 5.77. The smallest absolute Gasteiger partial charge is 0.298 e. The molecule has 0 aromatic carbocycles. The average molecular weight is 220 g/mol. The zero-order chi connectivity index (χ0) is 11.6. The summed E-state index contributed by atoms with van der Waals surface area (Å²) >= 11 is 0. The molecule has 0 aliphatic rings. The lowest BCUT2D eigenvalue weighted by Gasteiger charge is -2.02. The van der Waals surface area contributed by atoms with Gasteiger partial charge in [-0.2, -0.15) is 18.3 Å². The first-order chi connectivity index (χ1) is 6.84. The van der Waals surface area contributed by atoms with E-state index in [-0.39, 0.29) is 12.3 Å². The van der Waals surface area contributed by atoms with Crippen molar-refractivity contribution in [3.8, 4) is 0 Å². The number of aryl methyl sites for hydroxylation is 1. The zero-order valence-corrected chi connectivity index (χ0v) is 8.43. The van der Waals surface area contributed by atoms with Crippen LogP contribution in [-0.4, -0.2) is 15.6 Å². The van der Waals surface area contributed by atoms with Crippen molar-refractivity contribution >= 4 is 5.78 Å². The first-order valence-corrected chi connectivity index (χ1v) is 4.48. The van der Waals surface area contributed by atoms with Crippen molar-refractivity contribution in [3.63, 3.8) is 0 Å². The summed E-state index contributed by atoms with van der Waals surface area (Å²) in [5.74, 6) is -0.144. The molecule has 0 saturated heterocycles. The number of hydrogen-bond donors (Lipinski definition) is 0. The van der Waals surface area contributed by atoms with E-state index < -0.39 is 11.9 Å². The van der Waals surface area contributed by atoms with Crippen molar-refractivity contribution in [2.45, 2.75) is 33.0 Å². The maximum atomic E-state index is 12.2. The van der Waals surface area contributed by atoms with E-state index in [0.29, 0.717) is 12.1 Å². The predicted molar refractivity (Wildman–Crippen MR) is 47.3 cm³/mol. The fourth-order valence-electron chi connectivity index (χ4n) is 1.09. The highest BCUT2D eigenvalue weighted by atomic mass is 19.4. The van der Waals surface area contributed by atoms with Gasteiger partial charge in [0.2, 0.25) is 0 Å². The molecular formula is C9H11F3N2O. The van der Waals surface area contributed by atoms with Crippen LogP contribution in [0, 0.1) is 6.92 Å². The normalized spacial score (nSPS) is 11.8. The summed E-state index contributed by atoms with van der Waals surface area (Å²) in [5.41, 5.74) is -0.618. The van der Waals surface area contributed by atoms with Gasteiger partial charge in [0, 0.05) is 12.1 Å². The molecule has 0 aliphatic heterocycles. The second kappa shape index (κ2) is 4.04. The minimum Gasteiger partial charge on any atom is -0.298 e. The third kappa shape index (κ3) is 2.81. The number of alkyl halides is 3. The van der Waals surface area contributed by atoms with Crippen LogP contribution in [0.15, 0.2) is 6.07 Å². The Hall–Kier alpha value is -1.33. The van der Waals surface area contributed by atoms with E-state index in [1.807, 2.05) is 0 Å². The molecule has 0 atom stereocenters. The average Bonchev–Trinajstić information content (AvgIpc) is 2.47. The van der Waals surface area contributed by atoms with Crippen molar-refractivity contribution in [3.05, 3.63) is 17.5 Å². The number of carbonyl (C=O) groups is 1. The van der Waals surface area contributed by atoms with Gasteiger partial charge in [-0.1, -0.05) is 6.92 Å². The van der Waals surface area contributed by atoms with E-state index in [1.54, 1.807) is 6.92 Å². The number of carbonyl (C=O) groups excluding carboxylic acids is 1. The zero-order valence-electron chi connectivity index (χ0n) is 8.43. The van der Waals surface area contributed by atoms with Crippen LogP contribution in [0.5, 0.6) is 0 Å². The number of hydrogen-bond acceptors (Lipinski definition) is 2. The molecule has 1 rings (SSSR count). The van der Waals surface area contributed by atoms with E-state index in [9.17, 15) is 18.0 Å². The molecule has 1 aromatic rings. The molecule has 0 saturated carbocycles. The van der Waals surface area contributed by atoms with Crippen LogP contribution < -0.4 is 0 Å². The van der Waals surface area contributed by atoms with Crippen LogP contribution in [0.3, 0.4) is 0 Å². The number of Topliss-reactive ketones (excluding diaryl/α,β-unsaturated/α-hetero) is 1. The quantitative estimate of drug-likeness (QED) is 0.782. The number of rotatable bonds is 3. The van der Waals surface area contributed by atoms with E-state index in [1.165, 1.54) is 6.92 Å². The van der Waals surface area contributed by atoms with Crippen molar-refractivity contribution in [1.82, 2.24) is 9.78 Å². The molecule has 0 spiro atoms. The Morgan fingerprint density at radius 2 is 2.13 bits per heavy atom. The van der Waals surface area contributed by atoms with E-state index in [4.69, 9.17) is 0 Å². The minimum atomic E-state index is -4.45. The number of nitrogens with zero attached hydrogens (tertiary/aromatic N) is 2. The molecule has 84 valence electrons. The molecule has 1 heterocycles. The summed E-state index contributed by atoms with van der Waals surface area (Å²) in [5, 5.41) is 3.34. The summed E-state index contributed by atoms with van der Waals surface area (Å²) in [7, 11) is 0. The summed E-state index contributed by atoms with van der Waals surface area (Å²) in [6.45, 7) is 3.05. The number of ketones is 1. The van der Waals surface area contributed by atoms with Crippen molar-refractivity contribution < 1.29 is 18.0 Å². The summed E-state index contributed by atoms with van der Waals surface area (Å²) in [6, 6.07) is 0.933. The second-order valence-electron chi connectivity index (χ2n) is 3.22. The first kappa shape index (κ1) is 11.7. The molecule has 0 unspecified atom stereocenters. The van der Waals surface area contributed by atoms with Crippen LogP contribution in [0.25, 0.3) is 0 Å². The van der Waals surface area contributed by atoms with Gasteiger partial charge in [0.25, 0.3) is 0 Å². The highest BCUT2D eigenvalue weighted by Gasteiger charge is 2.34. The fraction of sp³-hybridized carbons (Fsp3) is 0.556. The van der Waals surface area contributed by atoms with Crippen LogP contribution in [0.4, 0.5) is 13.2 Å². The Morgan fingerprint density at radius 1 is 1.53 bits per heavy atom. The van der Waals surface area contributed by atoms with E-state index >= 15 is 0 Å². The molecule has 15 heavy (non-hydrogen) atoms. The summed E-state index contributed by atoms with van der Waals surface area (Å²) < 4.78 is 37.8. The Kier molecular flexibility index (Phi) is 3.16. The molecule has 6 heteroatoms. The molecule has 0 aliphatic carbocycles. The largest absolute Gasteiger partial charge is 0.435 e. The fourth-order valence-corrected chi connectivity index (χ4v) is 1.09.